The van der Waals surface area contributed by atoms with Gasteiger partial charge in [-0.25, -0.2) is 28.1 Å². The molecule has 4 rings (SSSR count). The van der Waals surface area contributed by atoms with Crippen LogP contribution in [0.4, 0.5) is 19.0 Å². The first kappa shape index (κ1) is 18.9. The molecule has 0 bridgehead atoms. The number of halogens is 3. The Kier molecular flexibility index (Phi) is 4.91. The summed E-state index contributed by atoms with van der Waals surface area (Å²) >= 11 is 0. The normalized spacial score (nSPS) is 14.3. The number of hydrogen-bond donors (Lipinski definition) is 0. The van der Waals surface area contributed by atoms with Crippen molar-refractivity contribution in [3.63, 3.8) is 0 Å². The topological polar surface area (TPSA) is 67.2 Å². The molecule has 0 radical (unpaired) electrons. The van der Waals surface area contributed by atoms with E-state index in [1.165, 1.54) is 4.90 Å². The Labute approximate surface area is 164 Å². The second-order valence-electron chi connectivity index (χ2n) is 6.60. The number of rotatable bonds is 3. The Hall–Kier alpha value is -3.43. The molecule has 1 aromatic carbocycles. The molecular weight excluding hydrogens is 385 g/mol. The van der Waals surface area contributed by atoms with Crippen LogP contribution in [0.1, 0.15) is 16.2 Å². The van der Waals surface area contributed by atoms with E-state index in [2.05, 4.69) is 15.0 Å². The van der Waals surface area contributed by atoms with Crippen LogP contribution in [-0.4, -0.2) is 56.5 Å². The molecule has 0 spiro atoms. The summed E-state index contributed by atoms with van der Waals surface area (Å²) in [5, 5.41) is 0. The first-order valence-corrected chi connectivity index (χ1v) is 8.96. The van der Waals surface area contributed by atoms with Gasteiger partial charge in [-0.1, -0.05) is 0 Å². The third-order valence-electron chi connectivity index (χ3n) is 4.74. The zero-order chi connectivity index (χ0) is 20.5. The summed E-state index contributed by atoms with van der Waals surface area (Å²) in [6.07, 6.45) is 5.07. The summed E-state index contributed by atoms with van der Waals surface area (Å²) in [7, 11) is 0. The highest BCUT2D eigenvalue weighted by atomic mass is 19.2. The Morgan fingerprint density at radius 3 is 2.41 bits per heavy atom. The highest BCUT2D eigenvalue weighted by molar-refractivity contribution is 5.94. The van der Waals surface area contributed by atoms with Crippen molar-refractivity contribution >= 4 is 11.7 Å². The van der Waals surface area contributed by atoms with E-state index in [-0.39, 0.29) is 0 Å². The van der Waals surface area contributed by atoms with Crippen molar-refractivity contribution in [1.29, 1.82) is 0 Å². The quantitative estimate of drug-likeness (QED) is 0.630. The molecule has 0 unspecified atom stereocenters. The highest BCUT2D eigenvalue weighted by Crippen LogP contribution is 2.20. The van der Waals surface area contributed by atoms with Crippen molar-refractivity contribution in [3.05, 3.63) is 65.8 Å². The third kappa shape index (κ3) is 3.65. The fraction of sp³-hybridized carbons (Fsp3) is 0.263. The van der Waals surface area contributed by atoms with Crippen molar-refractivity contribution in [1.82, 2.24) is 24.4 Å². The lowest BCUT2D eigenvalue weighted by Gasteiger charge is -2.35. The predicted octanol–water partition coefficient (Wildman–Crippen LogP) is 2.35. The maximum absolute atomic E-state index is 13.9. The summed E-state index contributed by atoms with van der Waals surface area (Å²) in [4.78, 5) is 28.8. The van der Waals surface area contributed by atoms with Gasteiger partial charge in [0.25, 0.3) is 5.91 Å². The lowest BCUT2D eigenvalue weighted by molar-refractivity contribution is 0.0740. The van der Waals surface area contributed by atoms with Gasteiger partial charge in [0.2, 0.25) is 0 Å². The van der Waals surface area contributed by atoms with Crippen molar-refractivity contribution in [3.8, 4) is 5.82 Å². The van der Waals surface area contributed by atoms with Crippen LogP contribution in [0.3, 0.4) is 0 Å². The first-order chi connectivity index (χ1) is 13.9. The molecule has 1 aliphatic rings. The molecule has 2 aromatic heterocycles. The molecule has 0 saturated carbocycles. The number of carbonyl (C=O) groups is 1. The second-order valence-corrected chi connectivity index (χ2v) is 6.60. The monoisotopic (exact) mass is 402 g/mol. The van der Waals surface area contributed by atoms with Crippen LogP contribution < -0.4 is 4.90 Å². The standard InChI is InChI=1S/C19H17F3N6O/c1-12-24-15(10-16(25-12)28-5-4-23-11-28)26-6-8-27(9-7-26)19(29)13-2-3-14(20)18(22)17(13)21/h2-5,10-11H,6-9H2,1H3. The van der Waals surface area contributed by atoms with Crippen molar-refractivity contribution in [2.75, 3.05) is 31.1 Å². The summed E-state index contributed by atoms with van der Waals surface area (Å²) < 4.78 is 42.3. The van der Waals surface area contributed by atoms with Crippen molar-refractivity contribution in [2.45, 2.75) is 6.92 Å². The van der Waals surface area contributed by atoms with Gasteiger partial charge in [0.1, 0.15) is 23.8 Å². The van der Waals surface area contributed by atoms with Gasteiger partial charge in [0, 0.05) is 44.6 Å². The Morgan fingerprint density at radius 2 is 1.72 bits per heavy atom. The third-order valence-corrected chi connectivity index (χ3v) is 4.74. The lowest BCUT2D eigenvalue weighted by Crippen LogP contribution is -2.49. The summed E-state index contributed by atoms with van der Waals surface area (Å²) in [5.41, 5.74) is -0.474. The number of hydrogen-bond acceptors (Lipinski definition) is 5. The molecule has 150 valence electrons. The van der Waals surface area contributed by atoms with Gasteiger partial charge >= 0.3 is 0 Å². The highest BCUT2D eigenvalue weighted by Gasteiger charge is 2.27. The van der Waals surface area contributed by atoms with Crippen LogP contribution in [0.5, 0.6) is 0 Å². The van der Waals surface area contributed by atoms with Crippen molar-refractivity contribution < 1.29 is 18.0 Å². The van der Waals surface area contributed by atoms with Gasteiger partial charge < -0.3 is 9.80 Å². The fourth-order valence-corrected chi connectivity index (χ4v) is 3.23. The predicted molar refractivity (Wildman–Crippen MR) is 98.3 cm³/mol. The Balaban J connectivity index is 1.49. The number of carbonyl (C=O) groups excluding carboxylic acids is 1. The number of benzene rings is 1. The average Bonchev–Trinajstić information content (AvgIpc) is 3.26. The molecule has 1 amide bonds. The molecule has 1 aliphatic heterocycles. The number of imidazole rings is 1. The van der Waals surface area contributed by atoms with Crippen LogP contribution >= 0.6 is 0 Å². The number of aromatic nitrogens is 4. The van der Waals surface area contributed by atoms with E-state index in [1.54, 1.807) is 30.2 Å². The van der Waals surface area contributed by atoms with E-state index in [0.717, 1.165) is 12.1 Å². The number of aryl methyl sites for hydroxylation is 1. The largest absolute Gasteiger partial charge is 0.353 e. The lowest BCUT2D eigenvalue weighted by atomic mass is 10.1. The minimum absolute atomic E-state index is 0.292. The van der Waals surface area contributed by atoms with Gasteiger partial charge in [-0.3, -0.25) is 9.36 Å². The molecule has 0 aliphatic carbocycles. The number of nitrogens with zero attached hydrogens (tertiary/aromatic N) is 6. The number of amides is 1. The molecule has 0 N–H and O–H groups in total. The average molecular weight is 402 g/mol. The first-order valence-electron chi connectivity index (χ1n) is 8.96. The van der Waals surface area contributed by atoms with E-state index in [4.69, 9.17) is 0 Å². The Morgan fingerprint density at radius 1 is 1.00 bits per heavy atom. The van der Waals surface area contributed by atoms with Crippen LogP contribution in [0.15, 0.2) is 36.9 Å². The molecule has 1 fully saturated rings. The zero-order valence-corrected chi connectivity index (χ0v) is 15.5. The Bertz CT molecular complexity index is 1050. The van der Waals surface area contributed by atoms with E-state index in [0.29, 0.717) is 43.6 Å². The van der Waals surface area contributed by atoms with E-state index >= 15 is 0 Å². The van der Waals surface area contributed by atoms with Crippen molar-refractivity contribution in [2.24, 2.45) is 0 Å². The van der Waals surface area contributed by atoms with E-state index in [1.807, 2.05) is 11.0 Å². The molecule has 10 heteroatoms. The SMILES string of the molecule is Cc1nc(N2CCN(C(=O)c3ccc(F)c(F)c3F)CC2)cc(-n2ccnc2)n1. The molecule has 3 heterocycles. The van der Waals surface area contributed by atoms with Gasteiger partial charge in [0.15, 0.2) is 17.5 Å². The fourth-order valence-electron chi connectivity index (χ4n) is 3.23. The minimum atomic E-state index is -1.64. The second kappa shape index (κ2) is 7.53. The maximum Gasteiger partial charge on any atom is 0.257 e. The maximum atomic E-state index is 13.9. The molecule has 1 saturated heterocycles. The zero-order valence-electron chi connectivity index (χ0n) is 15.5. The van der Waals surface area contributed by atoms with Gasteiger partial charge in [-0.2, -0.15) is 0 Å². The smallest absolute Gasteiger partial charge is 0.257 e. The summed E-state index contributed by atoms with van der Waals surface area (Å²) in [6, 6.07) is 3.54. The number of anilines is 1. The van der Waals surface area contributed by atoms with Crippen LogP contribution in [0.2, 0.25) is 0 Å². The molecule has 3 aromatic rings. The van der Waals surface area contributed by atoms with Crippen LogP contribution in [0.25, 0.3) is 5.82 Å². The molecule has 0 atom stereocenters. The van der Waals surface area contributed by atoms with Gasteiger partial charge in [0.05, 0.1) is 5.56 Å². The van der Waals surface area contributed by atoms with E-state index < -0.39 is 28.9 Å². The van der Waals surface area contributed by atoms with Crippen LogP contribution in [-0.2, 0) is 0 Å². The molecule has 7 nitrogen and oxygen atoms in total. The number of piperazine rings is 1. The minimum Gasteiger partial charge on any atom is -0.353 e. The van der Waals surface area contributed by atoms with E-state index in [9.17, 15) is 18.0 Å². The molecular formula is C19H17F3N6O. The van der Waals surface area contributed by atoms with Gasteiger partial charge in [-0.05, 0) is 19.1 Å². The van der Waals surface area contributed by atoms with Gasteiger partial charge in [-0.15, -0.1) is 0 Å². The molecule has 29 heavy (non-hydrogen) atoms. The van der Waals surface area contributed by atoms with Crippen LogP contribution in [0, 0.1) is 24.4 Å². The summed E-state index contributed by atoms with van der Waals surface area (Å²) in [6.45, 7) is 3.28. The summed E-state index contributed by atoms with van der Waals surface area (Å²) in [5.74, 6) is -3.13.